The molecule has 7 heteroatoms. The lowest BCUT2D eigenvalue weighted by atomic mass is 9.87. The maximum atomic E-state index is 10.4. The average Bonchev–Trinajstić information content (AvgIpc) is 2.38. The monoisotopic (exact) mass is 314 g/mol. The predicted octanol–water partition coefficient (Wildman–Crippen LogP) is 2.48. The Kier molecular flexibility index (Phi) is 5.86. The molecule has 0 aliphatic heterocycles. The number of amidine groups is 1. The molecular formula is C13H19ClN4OS. The van der Waals surface area contributed by atoms with Crippen molar-refractivity contribution in [3.8, 4) is 0 Å². The lowest BCUT2D eigenvalue weighted by Gasteiger charge is -2.23. The maximum Gasteiger partial charge on any atom is 0.201 e. The van der Waals surface area contributed by atoms with Gasteiger partial charge in [0.1, 0.15) is 6.29 Å². The second kappa shape index (κ2) is 6.97. The van der Waals surface area contributed by atoms with Crippen LogP contribution in [0.3, 0.4) is 0 Å². The van der Waals surface area contributed by atoms with Crippen LogP contribution in [0.15, 0.2) is 23.3 Å². The number of anilines is 1. The minimum atomic E-state index is -0.00134. The number of halogens is 1. The van der Waals surface area contributed by atoms with Crippen molar-refractivity contribution in [3.05, 3.63) is 28.8 Å². The van der Waals surface area contributed by atoms with E-state index in [1.807, 2.05) is 18.2 Å². The minimum absolute atomic E-state index is 0.00134. The van der Waals surface area contributed by atoms with Crippen LogP contribution >= 0.6 is 23.4 Å². The zero-order valence-electron chi connectivity index (χ0n) is 11.8. The molecule has 0 radical (unpaired) electrons. The summed E-state index contributed by atoms with van der Waals surface area (Å²) in [5, 5.41) is 5.69. The first kappa shape index (κ1) is 16.8. The van der Waals surface area contributed by atoms with E-state index in [1.165, 1.54) is 5.01 Å². The fraction of sp³-hybridized carbons (Fsp3) is 0.385. The van der Waals surface area contributed by atoms with Gasteiger partial charge in [0.15, 0.2) is 0 Å². The smallest absolute Gasteiger partial charge is 0.201 e. The topological polar surface area (TPSA) is 84.7 Å². The van der Waals surface area contributed by atoms with Crippen LogP contribution in [-0.2, 0) is 10.2 Å². The van der Waals surface area contributed by atoms with Gasteiger partial charge >= 0.3 is 0 Å². The molecule has 0 saturated heterocycles. The van der Waals surface area contributed by atoms with Gasteiger partial charge in [0, 0.05) is 0 Å². The van der Waals surface area contributed by atoms with Gasteiger partial charge in [0.2, 0.25) is 5.17 Å². The van der Waals surface area contributed by atoms with Crippen molar-refractivity contribution in [2.24, 2.45) is 16.8 Å². The number of hydrazone groups is 1. The van der Waals surface area contributed by atoms with Crippen molar-refractivity contribution in [1.82, 2.24) is 0 Å². The first-order valence-corrected chi connectivity index (χ1v) is 7.36. The average molecular weight is 315 g/mol. The summed E-state index contributed by atoms with van der Waals surface area (Å²) in [6.45, 7) is 6.31. The molecule has 1 rings (SSSR count). The molecule has 0 spiro atoms. The van der Waals surface area contributed by atoms with Crippen molar-refractivity contribution in [2.75, 3.05) is 10.8 Å². The zero-order valence-corrected chi connectivity index (χ0v) is 13.3. The quantitative estimate of drug-likeness (QED) is 0.294. The Morgan fingerprint density at radius 1 is 1.50 bits per heavy atom. The van der Waals surface area contributed by atoms with Gasteiger partial charge in [-0.15, -0.1) is 0 Å². The second-order valence-corrected chi connectivity index (χ2v) is 6.57. The van der Waals surface area contributed by atoms with Gasteiger partial charge in [-0.25, -0.2) is 5.84 Å². The highest BCUT2D eigenvalue weighted by atomic mass is 35.5. The van der Waals surface area contributed by atoms with E-state index in [9.17, 15) is 4.79 Å². The summed E-state index contributed by atoms with van der Waals surface area (Å²) in [5.74, 6) is 11.5. The molecule has 110 valence electrons. The molecule has 0 aromatic heterocycles. The highest BCUT2D eigenvalue weighted by Gasteiger charge is 2.18. The lowest BCUT2D eigenvalue weighted by molar-refractivity contribution is -0.105. The highest BCUT2D eigenvalue weighted by molar-refractivity contribution is 8.14. The van der Waals surface area contributed by atoms with Crippen LogP contribution in [0.25, 0.3) is 0 Å². The molecule has 0 unspecified atom stereocenters. The molecule has 4 N–H and O–H groups in total. The van der Waals surface area contributed by atoms with Crippen molar-refractivity contribution in [3.63, 3.8) is 0 Å². The molecule has 0 aliphatic rings. The van der Waals surface area contributed by atoms with E-state index in [2.05, 4.69) is 25.9 Å². The number of thioether (sulfide) groups is 1. The van der Waals surface area contributed by atoms with Gasteiger partial charge in [-0.1, -0.05) is 50.2 Å². The number of aldehydes is 1. The van der Waals surface area contributed by atoms with Gasteiger partial charge in [-0.3, -0.25) is 5.01 Å². The highest BCUT2D eigenvalue weighted by Crippen LogP contribution is 2.31. The largest absolute Gasteiger partial charge is 0.321 e. The zero-order chi connectivity index (χ0) is 15.3. The van der Waals surface area contributed by atoms with Crippen molar-refractivity contribution in [1.29, 1.82) is 0 Å². The Bertz CT molecular complexity index is 514. The Morgan fingerprint density at radius 3 is 2.60 bits per heavy atom. The third-order valence-electron chi connectivity index (χ3n) is 2.67. The molecular weight excluding hydrogens is 296 g/mol. The van der Waals surface area contributed by atoms with E-state index < -0.39 is 0 Å². The lowest BCUT2D eigenvalue weighted by Crippen LogP contribution is -2.37. The molecule has 5 nitrogen and oxygen atoms in total. The summed E-state index contributed by atoms with van der Waals surface area (Å²) in [4.78, 5) is 10.4. The van der Waals surface area contributed by atoms with E-state index >= 15 is 0 Å². The number of carbonyl (C=O) groups excluding carboxylic acids is 1. The number of carbonyl (C=O) groups is 1. The summed E-state index contributed by atoms with van der Waals surface area (Å²) in [6.07, 6.45) is 0.758. The fourth-order valence-electron chi connectivity index (χ4n) is 1.55. The third-order valence-corrected chi connectivity index (χ3v) is 3.84. The van der Waals surface area contributed by atoms with Crippen molar-refractivity contribution < 1.29 is 4.79 Å². The van der Waals surface area contributed by atoms with Crippen LogP contribution in [0.4, 0.5) is 5.69 Å². The number of rotatable bonds is 3. The summed E-state index contributed by atoms with van der Waals surface area (Å²) in [6, 6.07) is 5.64. The first-order chi connectivity index (χ1) is 9.31. The van der Waals surface area contributed by atoms with Crippen LogP contribution in [0.2, 0.25) is 5.02 Å². The van der Waals surface area contributed by atoms with Crippen molar-refractivity contribution >= 4 is 40.5 Å². The molecule has 0 heterocycles. The minimum Gasteiger partial charge on any atom is -0.321 e. The van der Waals surface area contributed by atoms with E-state index in [0.29, 0.717) is 15.9 Å². The SMILES string of the molecule is CC(C)(C)c1ccc(N(N)/C(=N\N)SCC=O)c(Cl)c1. The number of nitrogens with two attached hydrogens (primary N) is 2. The van der Waals surface area contributed by atoms with Crippen LogP contribution in [-0.4, -0.2) is 17.2 Å². The van der Waals surface area contributed by atoms with Gasteiger partial charge in [0.25, 0.3) is 0 Å². The van der Waals surface area contributed by atoms with E-state index in [1.54, 1.807) is 0 Å². The molecule has 0 saturated carbocycles. The number of nitrogens with zero attached hydrogens (tertiary/aromatic N) is 2. The molecule has 20 heavy (non-hydrogen) atoms. The van der Waals surface area contributed by atoms with Crippen LogP contribution in [0.5, 0.6) is 0 Å². The summed E-state index contributed by atoms with van der Waals surface area (Å²) in [7, 11) is 0. The first-order valence-electron chi connectivity index (χ1n) is 6.00. The molecule has 0 fully saturated rings. The van der Waals surface area contributed by atoms with Gasteiger partial charge < -0.3 is 10.6 Å². The van der Waals surface area contributed by atoms with E-state index in [0.717, 1.165) is 23.6 Å². The molecule has 0 atom stereocenters. The second-order valence-electron chi connectivity index (χ2n) is 5.18. The maximum absolute atomic E-state index is 10.4. The van der Waals surface area contributed by atoms with E-state index in [4.69, 9.17) is 23.3 Å². The van der Waals surface area contributed by atoms with E-state index in [-0.39, 0.29) is 11.2 Å². The Labute approximate surface area is 128 Å². The van der Waals surface area contributed by atoms with Gasteiger partial charge in [-0.2, -0.15) is 5.10 Å². The standard InChI is InChI=1S/C13H19ClN4OS/c1-13(2,3)9-4-5-11(10(14)8-9)18(16)12(17-15)20-7-6-19/h4-6,8H,7,15-16H2,1-3H3/b17-12+. The third kappa shape index (κ3) is 4.13. The summed E-state index contributed by atoms with van der Waals surface area (Å²) in [5.41, 5.74) is 1.69. The van der Waals surface area contributed by atoms with Gasteiger partial charge in [0.05, 0.1) is 16.5 Å². The summed E-state index contributed by atoms with van der Waals surface area (Å²) >= 11 is 7.41. The molecule has 1 aromatic rings. The Balaban J connectivity index is 3.05. The number of benzene rings is 1. The molecule has 1 aromatic carbocycles. The normalized spacial score (nSPS) is 12.3. The number of hydrogen-bond donors (Lipinski definition) is 2. The number of hydrogen-bond acceptors (Lipinski definition) is 5. The predicted molar refractivity (Wildman–Crippen MR) is 87.0 cm³/mol. The van der Waals surface area contributed by atoms with Crippen LogP contribution in [0, 0.1) is 0 Å². The fourth-order valence-corrected chi connectivity index (χ4v) is 2.35. The Morgan fingerprint density at radius 2 is 2.15 bits per heavy atom. The Hall–Kier alpha value is -1.24. The van der Waals surface area contributed by atoms with Crippen LogP contribution < -0.4 is 16.7 Å². The van der Waals surface area contributed by atoms with Gasteiger partial charge in [-0.05, 0) is 23.1 Å². The van der Waals surface area contributed by atoms with Crippen LogP contribution in [0.1, 0.15) is 26.3 Å². The number of hydrazine groups is 1. The molecule has 0 amide bonds. The van der Waals surface area contributed by atoms with Crippen molar-refractivity contribution in [2.45, 2.75) is 26.2 Å². The molecule has 0 aliphatic carbocycles. The molecule has 0 bridgehead atoms. The summed E-state index contributed by atoms with van der Waals surface area (Å²) < 4.78 is 0.